The fourth-order valence-electron chi connectivity index (χ4n) is 2.59. The van der Waals surface area contributed by atoms with Crippen molar-refractivity contribution in [3.05, 3.63) is 42.2 Å². The van der Waals surface area contributed by atoms with Gasteiger partial charge in [0.05, 0.1) is 11.8 Å². The fraction of sp³-hybridized carbons (Fsp3) is 0.400. The van der Waals surface area contributed by atoms with Gasteiger partial charge in [-0.25, -0.2) is 9.97 Å². The van der Waals surface area contributed by atoms with Gasteiger partial charge in [-0.3, -0.25) is 4.79 Å². The van der Waals surface area contributed by atoms with Crippen molar-refractivity contribution in [3.8, 4) is 0 Å². The van der Waals surface area contributed by atoms with E-state index in [-0.39, 0.29) is 17.8 Å². The zero-order chi connectivity index (χ0) is 17.2. The van der Waals surface area contributed by atoms with E-state index in [2.05, 4.69) is 15.3 Å². The molecule has 9 heteroatoms. The molecule has 0 radical (unpaired) electrons. The molecule has 1 aliphatic rings. The van der Waals surface area contributed by atoms with Gasteiger partial charge in [0.1, 0.15) is 24.1 Å². The number of nitrogens with zero attached hydrogens (tertiary/aromatic N) is 3. The van der Waals surface area contributed by atoms with Crippen LogP contribution in [0.15, 0.2) is 35.4 Å². The molecule has 24 heavy (non-hydrogen) atoms. The van der Waals surface area contributed by atoms with Gasteiger partial charge >= 0.3 is 6.18 Å². The first kappa shape index (κ1) is 16.3. The van der Waals surface area contributed by atoms with Crippen LogP contribution < -0.4 is 10.2 Å². The molecular formula is C15H15F3N4O2. The molecule has 6 nitrogen and oxygen atoms in total. The Kier molecular flexibility index (Phi) is 4.41. The number of alkyl halides is 3. The molecule has 0 bridgehead atoms. The fourth-order valence-corrected chi connectivity index (χ4v) is 2.59. The van der Waals surface area contributed by atoms with Gasteiger partial charge < -0.3 is 14.6 Å². The number of anilines is 1. The monoisotopic (exact) mass is 340 g/mol. The molecule has 1 fully saturated rings. The molecule has 0 saturated carbocycles. The summed E-state index contributed by atoms with van der Waals surface area (Å²) < 4.78 is 43.0. The summed E-state index contributed by atoms with van der Waals surface area (Å²) in [5.74, 6) is 0.0283. The molecule has 2 aromatic rings. The van der Waals surface area contributed by atoms with Crippen LogP contribution in [0.25, 0.3) is 0 Å². The maximum Gasteiger partial charge on any atom is 0.433 e. The van der Waals surface area contributed by atoms with Crippen molar-refractivity contribution < 1.29 is 22.4 Å². The number of aromatic nitrogens is 2. The molecule has 0 aliphatic carbocycles. The minimum atomic E-state index is -4.49. The lowest BCUT2D eigenvalue weighted by molar-refractivity contribution is -0.141. The van der Waals surface area contributed by atoms with Gasteiger partial charge in [-0.15, -0.1) is 0 Å². The second-order valence-corrected chi connectivity index (χ2v) is 5.51. The second kappa shape index (κ2) is 6.50. The summed E-state index contributed by atoms with van der Waals surface area (Å²) in [5, 5.41) is 2.89. The summed E-state index contributed by atoms with van der Waals surface area (Å²) >= 11 is 0. The number of amides is 1. The minimum Gasteiger partial charge on any atom is -0.472 e. The van der Waals surface area contributed by atoms with Crippen LogP contribution in [0.2, 0.25) is 0 Å². The number of halogens is 3. The Hall–Kier alpha value is -2.58. The normalized spacial score (nSPS) is 16.2. The zero-order valence-electron chi connectivity index (χ0n) is 12.6. The van der Waals surface area contributed by atoms with Crippen LogP contribution in [0, 0.1) is 0 Å². The standard InChI is InChI=1S/C15H15F3N4O2/c16-15(17,18)12-7-13(20-9-19-12)22-4-1-11(2-5-22)21-14(23)10-3-6-24-8-10/h3,6-9,11H,1-2,4-5H2,(H,21,23). The van der Waals surface area contributed by atoms with Gasteiger partial charge in [0.15, 0.2) is 0 Å². The minimum absolute atomic E-state index is 0.0347. The highest BCUT2D eigenvalue weighted by Gasteiger charge is 2.33. The molecule has 128 valence electrons. The van der Waals surface area contributed by atoms with Crippen LogP contribution in [-0.4, -0.2) is 35.0 Å². The van der Waals surface area contributed by atoms with Crippen molar-refractivity contribution >= 4 is 11.7 Å². The average Bonchev–Trinajstić information content (AvgIpc) is 3.09. The van der Waals surface area contributed by atoms with E-state index < -0.39 is 11.9 Å². The van der Waals surface area contributed by atoms with Gasteiger partial charge in [0.2, 0.25) is 0 Å². The first-order chi connectivity index (χ1) is 11.4. The molecule has 1 aliphatic heterocycles. The highest BCUT2D eigenvalue weighted by molar-refractivity contribution is 5.93. The Morgan fingerprint density at radius 2 is 2.04 bits per heavy atom. The van der Waals surface area contributed by atoms with Crippen molar-refractivity contribution in [1.82, 2.24) is 15.3 Å². The maximum atomic E-state index is 12.7. The largest absolute Gasteiger partial charge is 0.472 e. The van der Waals surface area contributed by atoms with Gasteiger partial charge in [0, 0.05) is 25.2 Å². The van der Waals surface area contributed by atoms with E-state index in [1.54, 1.807) is 11.0 Å². The lowest BCUT2D eigenvalue weighted by atomic mass is 10.0. The SMILES string of the molecule is O=C(NC1CCN(c2cc(C(F)(F)F)ncn2)CC1)c1ccoc1. The smallest absolute Gasteiger partial charge is 0.433 e. The van der Waals surface area contributed by atoms with Crippen LogP contribution in [0.4, 0.5) is 19.0 Å². The zero-order valence-corrected chi connectivity index (χ0v) is 12.6. The number of nitrogens with one attached hydrogen (secondary N) is 1. The van der Waals surface area contributed by atoms with E-state index in [1.807, 2.05) is 0 Å². The van der Waals surface area contributed by atoms with Crippen molar-refractivity contribution in [2.75, 3.05) is 18.0 Å². The van der Waals surface area contributed by atoms with Gasteiger partial charge in [-0.05, 0) is 18.9 Å². The van der Waals surface area contributed by atoms with E-state index in [0.29, 0.717) is 31.5 Å². The van der Waals surface area contributed by atoms with Crippen molar-refractivity contribution in [3.63, 3.8) is 0 Å². The van der Waals surface area contributed by atoms with Crippen LogP contribution >= 0.6 is 0 Å². The predicted octanol–water partition coefficient (Wildman–Crippen LogP) is 2.49. The molecule has 0 unspecified atom stereocenters. The van der Waals surface area contributed by atoms with E-state index >= 15 is 0 Å². The molecule has 1 saturated heterocycles. The number of rotatable bonds is 3. The highest BCUT2D eigenvalue weighted by Crippen LogP contribution is 2.29. The molecule has 3 rings (SSSR count). The highest BCUT2D eigenvalue weighted by atomic mass is 19.4. The molecule has 1 amide bonds. The summed E-state index contributed by atoms with van der Waals surface area (Å²) in [6, 6.07) is 2.49. The summed E-state index contributed by atoms with van der Waals surface area (Å²) in [7, 11) is 0. The average molecular weight is 340 g/mol. The molecule has 2 aromatic heterocycles. The van der Waals surface area contributed by atoms with Crippen LogP contribution in [0.3, 0.4) is 0 Å². The van der Waals surface area contributed by atoms with E-state index in [1.165, 1.54) is 12.5 Å². The van der Waals surface area contributed by atoms with E-state index in [0.717, 1.165) is 12.4 Å². The van der Waals surface area contributed by atoms with Gasteiger partial charge in [-0.1, -0.05) is 0 Å². The van der Waals surface area contributed by atoms with E-state index in [9.17, 15) is 18.0 Å². The van der Waals surface area contributed by atoms with Crippen LogP contribution in [0.1, 0.15) is 28.9 Å². The van der Waals surface area contributed by atoms with Crippen LogP contribution in [0.5, 0.6) is 0 Å². The third-order valence-electron chi connectivity index (χ3n) is 3.88. The maximum absolute atomic E-state index is 12.7. The third kappa shape index (κ3) is 3.66. The van der Waals surface area contributed by atoms with Crippen molar-refractivity contribution in [1.29, 1.82) is 0 Å². The summed E-state index contributed by atoms with van der Waals surface area (Å²) in [6.45, 7) is 1.01. The summed E-state index contributed by atoms with van der Waals surface area (Å²) in [4.78, 5) is 20.9. The molecule has 3 heterocycles. The summed E-state index contributed by atoms with van der Waals surface area (Å²) in [6.07, 6.45) is 0.457. The second-order valence-electron chi connectivity index (χ2n) is 5.51. The Labute approximate surface area is 135 Å². The first-order valence-corrected chi connectivity index (χ1v) is 7.41. The number of carbonyl (C=O) groups is 1. The molecule has 0 spiro atoms. The molecule has 0 aromatic carbocycles. The topological polar surface area (TPSA) is 71.3 Å². The van der Waals surface area contributed by atoms with Gasteiger partial charge in [0.25, 0.3) is 5.91 Å². The lowest BCUT2D eigenvalue weighted by Gasteiger charge is -2.33. The lowest BCUT2D eigenvalue weighted by Crippen LogP contribution is -2.45. The predicted molar refractivity (Wildman–Crippen MR) is 78.4 cm³/mol. The Morgan fingerprint density at radius 3 is 2.67 bits per heavy atom. The number of furan rings is 1. The molecular weight excluding hydrogens is 325 g/mol. The number of hydrogen-bond acceptors (Lipinski definition) is 5. The summed E-state index contributed by atoms with van der Waals surface area (Å²) in [5.41, 5.74) is -0.508. The number of piperidine rings is 1. The quantitative estimate of drug-likeness (QED) is 0.929. The number of carbonyl (C=O) groups excluding carboxylic acids is 1. The van der Waals surface area contributed by atoms with Crippen molar-refractivity contribution in [2.45, 2.75) is 25.1 Å². The molecule has 1 N–H and O–H groups in total. The first-order valence-electron chi connectivity index (χ1n) is 7.41. The third-order valence-corrected chi connectivity index (χ3v) is 3.88. The Bertz CT molecular complexity index is 695. The Morgan fingerprint density at radius 1 is 1.29 bits per heavy atom. The van der Waals surface area contributed by atoms with E-state index in [4.69, 9.17) is 4.42 Å². The van der Waals surface area contributed by atoms with Crippen molar-refractivity contribution in [2.24, 2.45) is 0 Å². The van der Waals surface area contributed by atoms with Gasteiger partial charge in [-0.2, -0.15) is 13.2 Å². The van der Waals surface area contributed by atoms with Crippen LogP contribution in [-0.2, 0) is 6.18 Å². The Balaban J connectivity index is 1.58. The number of hydrogen-bond donors (Lipinski definition) is 1. The molecule has 0 atom stereocenters.